The quantitative estimate of drug-likeness (QED) is 0.825. The Hall–Kier alpha value is -1.36. The van der Waals surface area contributed by atoms with Crippen molar-refractivity contribution in [2.45, 2.75) is 6.10 Å². The third-order valence-corrected chi connectivity index (χ3v) is 2.87. The van der Waals surface area contributed by atoms with Crippen LogP contribution in [0, 0.1) is 0 Å². The Morgan fingerprint density at radius 1 is 1.26 bits per heavy atom. The number of nitrogens with zero attached hydrogens (tertiary/aromatic N) is 2. The van der Waals surface area contributed by atoms with Crippen molar-refractivity contribution in [2.75, 3.05) is 20.2 Å². The minimum Gasteiger partial charge on any atom is -0.366 e. The number of rotatable bonds is 6. The van der Waals surface area contributed by atoms with Gasteiger partial charge in [0.25, 0.3) is 0 Å². The Bertz CT molecular complexity index is 473. The molecule has 0 radical (unpaired) electrons. The molecule has 0 unspecified atom stereocenters. The van der Waals surface area contributed by atoms with Crippen LogP contribution in [0.25, 0.3) is 0 Å². The summed E-state index contributed by atoms with van der Waals surface area (Å²) in [5.74, 6) is 0. The zero-order valence-corrected chi connectivity index (χ0v) is 12.1. The van der Waals surface area contributed by atoms with E-state index in [4.69, 9.17) is 4.74 Å². The van der Waals surface area contributed by atoms with Crippen molar-refractivity contribution in [1.29, 1.82) is 0 Å². The van der Waals surface area contributed by atoms with Crippen molar-refractivity contribution < 1.29 is 4.74 Å². The fourth-order valence-electron chi connectivity index (χ4n) is 1.90. The lowest BCUT2D eigenvalue weighted by Crippen LogP contribution is -2.18. The summed E-state index contributed by atoms with van der Waals surface area (Å²) in [5.41, 5.74) is 2.22. The standard InChI is InChI=1S/C14H19N3O.ClH/c1-15-10-11-18-14(12-6-4-3-5-7-12)13-8-9-16-17(13)2;/h3-9,14-15H,10-11H2,1-2H3;1H/t14-;/m0./s1. The SMILES string of the molecule is CNCCO[C@@H](c1ccccc1)c1ccnn1C.Cl. The van der Waals surface area contributed by atoms with Gasteiger partial charge in [0, 0.05) is 19.8 Å². The van der Waals surface area contributed by atoms with E-state index in [2.05, 4.69) is 22.5 Å². The summed E-state index contributed by atoms with van der Waals surface area (Å²) < 4.78 is 7.83. The summed E-state index contributed by atoms with van der Waals surface area (Å²) in [4.78, 5) is 0. The third-order valence-electron chi connectivity index (χ3n) is 2.87. The van der Waals surface area contributed by atoms with Gasteiger partial charge in [0.1, 0.15) is 6.10 Å². The van der Waals surface area contributed by atoms with E-state index < -0.39 is 0 Å². The molecule has 0 saturated heterocycles. The van der Waals surface area contributed by atoms with Gasteiger partial charge in [-0.25, -0.2) is 0 Å². The molecule has 104 valence electrons. The number of aryl methyl sites for hydroxylation is 1. The predicted molar refractivity (Wildman–Crippen MR) is 78.6 cm³/mol. The monoisotopic (exact) mass is 281 g/mol. The van der Waals surface area contributed by atoms with E-state index in [0.717, 1.165) is 17.8 Å². The molecule has 2 rings (SSSR count). The second-order valence-electron chi connectivity index (χ2n) is 4.14. The first-order valence-corrected chi connectivity index (χ1v) is 6.12. The van der Waals surface area contributed by atoms with Crippen molar-refractivity contribution in [2.24, 2.45) is 7.05 Å². The number of hydrogen-bond donors (Lipinski definition) is 1. The van der Waals surface area contributed by atoms with Gasteiger partial charge in [-0.15, -0.1) is 12.4 Å². The van der Waals surface area contributed by atoms with E-state index in [1.807, 2.05) is 43.0 Å². The highest BCUT2D eigenvalue weighted by molar-refractivity contribution is 5.85. The minimum absolute atomic E-state index is 0. The van der Waals surface area contributed by atoms with Gasteiger partial charge in [0.05, 0.1) is 12.3 Å². The Labute approximate surface area is 120 Å². The van der Waals surface area contributed by atoms with Crippen molar-refractivity contribution in [3.05, 3.63) is 53.9 Å². The zero-order valence-electron chi connectivity index (χ0n) is 11.2. The van der Waals surface area contributed by atoms with Gasteiger partial charge in [0.2, 0.25) is 0 Å². The molecule has 0 spiro atoms. The predicted octanol–water partition coefficient (Wildman–Crippen LogP) is 2.17. The number of halogens is 1. The molecule has 0 bridgehead atoms. The maximum atomic E-state index is 5.97. The molecule has 1 atom stereocenters. The molecule has 0 saturated carbocycles. The van der Waals surface area contributed by atoms with Gasteiger partial charge in [-0.3, -0.25) is 4.68 Å². The van der Waals surface area contributed by atoms with Gasteiger partial charge >= 0.3 is 0 Å². The smallest absolute Gasteiger partial charge is 0.124 e. The average Bonchev–Trinajstić information content (AvgIpc) is 2.82. The summed E-state index contributed by atoms with van der Waals surface area (Å²) in [6.45, 7) is 1.50. The summed E-state index contributed by atoms with van der Waals surface area (Å²) in [5, 5.41) is 7.30. The van der Waals surface area contributed by atoms with Gasteiger partial charge in [0.15, 0.2) is 0 Å². The van der Waals surface area contributed by atoms with Crippen molar-refractivity contribution in [3.63, 3.8) is 0 Å². The van der Waals surface area contributed by atoms with Crippen LogP contribution in [0.1, 0.15) is 17.4 Å². The number of hydrogen-bond acceptors (Lipinski definition) is 3. The Balaban J connectivity index is 0.00000180. The number of aromatic nitrogens is 2. The van der Waals surface area contributed by atoms with Crippen molar-refractivity contribution in [1.82, 2.24) is 15.1 Å². The summed E-state index contributed by atoms with van der Waals surface area (Å²) in [7, 11) is 3.86. The minimum atomic E-state index is -0.0629. The highest BCUT2D eigenvalue weighted by Gasteiger charge is 2.17. The molecule has 0 aliphatic carbocycles. The summed E-state index contributed by atoms with van der Waals surface area (Å²) >= 11 is 0. The van der Waals surface area contributed by atoms with E-state index in [0.29, 0.717) is 6.61 Å². The van der Waals surface area contributed by atoms with E-state index in [1.165, 1.54) is 0 Å². The number of likely N-dealkylation sites (N-methyl/N-ethyl adjacent to an activating group) is 1. The first-order chi connectivity index (χ1) is 8.83. The lowest BCUT2D eigenvalue weighted by Gasteiger charge is -2.18. The summed E-state index contributed by atoms with van der Waals surface area (Å²) in [6, 6.07) is 12.2. The van der Waals surface area contributed by atoms with Crippen LogP contribution in [0.2, 0.25) is 0 Å². The largest absolute Gasteiger partial charge is 0.366 e. The molecule has 1 aromatic carbocycles. The molecule has 19 heavy (non-hydrogen) atoms. The van der Waals surface area contributed by atoms with E-state index >= 15 is 0 Å². The van der Waals surface area contributed by atoms with E-state index in [9.17, 15) is 0 Å². The summed E-state index contributed by atoms with van der Waals surface area (Å²) in [6.07, 6.45) is 1.74. The van der Waals surface area contributed by atoms with Crippen LogP contribution in [0.15, 0.2) is 42.6 Å². The fourth-order valence-corrected chi connectivity index (χ4v) is 1.90. The zero-order chi connectivity index (χ0) is 12.8. The second kappa shape index (κ2) is 7.94. The van der Waals surface area contributed by atoms with Crippen molar-refractivity contribution >= 4 is 12.4 Å². The molecule has 0 aliphatic heterocycles. The van der Waals surface area contributed by atoms with Crippen LogP contribution in [0.5, 0.6) is 0 Å². The lowest BCUT2D eigenvalue weighted by molar-refractivity contribution is 0.0776. The fraction of sp³-hybridized carbons (Fsp3) is 0.357. The van der Waals surface area contributed by atoms with Gasteiger partial charge in [-0.05, 0) is 18.7 Å². The van der Waals surface area contributed by atoms with Gasteiger partial charge in [-0.2, -0.15) is 5.10 Å². The Morgan fingerprint density at radius 2 is 2.00 bits per heavy atom. The second-order valence-corrected chi connectivity index (χ2v) is 4.14. The van der Waals surface area contributed by atoms with Crippen LogP contribution >= 0.6 is 12.4 Å². The highest BCUT2D eigenvalue weighted by Crippen LogP contribution is 2.24. The van der Waals surface area contributed by atoms with E-state index in [-0.39, 0.29) is 18.5 Å². The maximum Gasteiger partial charge on any atom is 0.124 e. The topological polar surface area (TPSA) is 39.1 Å². The van der Waals surface area contributed by atoms with Crippen LogP contribution < -0.4 is 5.32 Å². The molecular formula is C14H20ClN3O. The third kappa shape index (κ3) is 4.06. The molecule has 0 amide bonds. The molecule has 4 nitrogen and oxygen atoms in total. The maximum absolute atomic E-state index is 5.97. The van der Waals surface area contributed by atoms with Crippen LogP contribution in [-0.2, 0) is 11.8 Å². The molecule has 0 fully saturated rings. The lowest BCUT2D eigenvalue weighted by atomic mass is 10.1. The molecular weight excluding hydrogens is 262 g/mol. The molecule has 1 N–H and O–H groups in total. The molecule has 1 heterocycles. The first kappa shape index (κ1) is 15.7. The number of nitrogens with one attached hydrogen (secondary N) is 1. The average molecular weight is 282 g/mol. The van der Waals surface area contributed by atoms with E-state index in [1.54, 1.807) is 6.20 Å². The van der Waals surface area contributed by atoms with Crippen LogP contribution in [0.3, 0.4) is 0 Å². The van der Waals surface area contributed by atoms with Crippen LogP contribution in [-0.4, -0.2) is 30.0 Å². The number of benzene rings is 1. The molecule has 5 heteroatoms. The normalized spacial score (nSPS) is 11.9. The Morgan fingerprint density at radius 3 is 2.58 bits per heavy atom. The molecule has 0 aliphatic rings. The molecule has 2 aromatic rings. The molecule has 1 aromatic heterocycles. The Kier molecular flexibility index (Phi) is 6.56. The van der Waals surface area contributed by atoms with Gasteiger partial charge in [-0.1, -0.05) is 30.3 Å². The van der Waals surface area contributed by atoms with Gasteiger partial charge < -0.3 is 10.1 Å². The number of ether oxygens (including phenoxy) is 1. The van der Waals surface area contributed by atoms with Crippen LogP contribution in [0.4, 0.5) is 0 Å². The first-order valence-electron chi connectivity index (χ1n) is 6.12. The van der Waals surface area contributed by atoms with Crippen molar-refractivity contribution in [3.8, 4) is 0 Å². The highest BCUT2D eigenvalue weighted by atomic mass is 35.5.